The van der Waals surface area contributed by atoms with Crippen LogP contribution in [-0.4, -0.2) is 66.4 Å². The van der Waals surface area contributed by atoms with Crippen LogP contribution in [0.25, 0.3) is 0 Å². The molecule has 23 heavy (non-hydrogen) atoms. The quantitative estimate of drug-likeness (QED) is 0.547. The maximum atomic E-state index is 12.4. The third-order valence-corrected chi connectivity index (χ3v) is 4.44. The summed E-state index contributed by atoms with van der Waals surface area (Å²) in [7, 11) is -4.35. The minimum atomic E-state index is -4.35. The molecule has 1 fully saturated rings. The largest absolute Gasteiger partial charge is 0.380 e. The molecule has 0 aliphatic carbocycles. The standard InChI is InChI=1S/C15H29N2O5S/c1-6-22-8-7-17(13(18)11-23(19,20)21)12-9-14(2,3)16-15(4,5)10-12/h12H,6-11H2,1-5H3,(H,19,20,21). The molecule has 7 nitrogen and oxygen atoms in total. The van der Waals surface area contributed by atoms with Gasteiger partial charge in [-0.1, -0.05) is 0 Å². The van der Waals surface area contributed by atoms with Crippen molar-refractivity contribution in [1.82, 2.24) is 10.2 Å². The summed E-state index contributed by atoms with van der Waals surface area (Å²) in [4.78, 5) is 13.9. The van der Waals surface area contributed by atoms with E-state index in [2.05, 4.69) is 0 Å². The molecular weight excluding hydrogens is 320 g/mol. The summed E-state index contributed by atoms with van der Waals surface area (Å²) in [5, 5.41) is 4.77. The Balaban J connectivity index is 2.95. The van der Waals surface area contributed by atoms with Gasteiger partial charge in [-0.2, -0.15) is 8.42 Å². The molecule has 1 N–H and O–H groups in total. The van der Waals surface area contributed by atoms with Gasteiger partial charge in [0.15, 0.2) is 5.75 Å². The highest BCUT2D eigenvalue weighted by Gasteiger charge is 2.42. The molecule has 1 aliphatic rings. The van der Waals surface area contributed by atoms with Crippen LogP contribution in [-0.2, 0) is 19.6 Å². The highest BCUT2D eigenvalue weighted by Crippen LogP contribution is 2.33. The molecule has 0 spiro atoms. The van der Waals surface area contributed by atoms with Gasteiger partial charge < -0.3 is 9.64 Å². The topological polar surface area (TPSA) is 98.0 Å². The first-order chi connectivity index (χ1) is 10.4. The van der Waals surface area contributed by atoms with E-state index in [0.717, 1.165) is 0 Å². The highest BCUT2D eigenvalue weighted by molar-refractivity contribution is 7.86. The van der Waals surface area contributed by atoms with Crippen molar-refractivity contribution < 1.29 is 22.5 Å². The fraction of sp³-hybridized carbons (Fsp3) is 0.933. The molecule has 1 heterocycles. The predicted octanol–water partition coefficient (Wildman–Crippen LogP) is 1.06. The first kappa shape index (κ1) is 20.3. The number of rotatable bonds is 7. The molecule has 0 aromatic carbocycles. The van der Waals surface area contributed by atoms with Crippen molar-refractivity contribution in [3.8, 4) is 0 Å². The lowest BCUT2D eigenvalue weighted by atomic mass is 9.79. The molecular formula is C15H29N2O5S. The SMILES string of the molecule is CCOCCN(C(=O)CS(=O)(=O)O)C1CC(C)(C)[N]C(C)(C)C1. The molecule has 0 bridgehead atoms. The van der Waals surface area contributed by atoms with Crippen molar-refractivity contribution in [2.45, 2.75) is 64.6 Å². The van der Waals surface area contributed by atoms with Gasteiger partial charge in [0.2, 0.25) is 5.91 Å². The Morgan fingerprint density at radius 1 is 1.26 bits per heavy atom. The van der Waals surface area contributed by atoms with Crippen LogP contribution in [0.4, 0.5) is 0 Å². The van der Waals surface area contributed by atoms with E-state index in [-0.39, 0.29) is 17.1 Å². The number of ether oxygens (including phenoxy) is 1. The Hall–Kier alpha value is -0.700. The number of carbonyl (C=O) groups excluding carboxylic acids is 1. The van der Waals surface area contributed by atoms with Crippen molar-refractivity contribution in [3.05, 3.63) is 0 Å². The van der Waals surface area contributed by atoms with E-state index >= 15 is 0 Å². The van der Waals surface area contributed by atoms with Crippen molar-refractivity contribution in [3.63, 3.8) is 0 Å². The van der Waals surface area contributed by atoms with Crippen molar-refractivity contribution in [2.24, 2.45) is 0 Å². The molecule has 1 amide bonds. The van der Waals surface area contributed by atoms with Crippen LogP contribution in [0.5, 0.6) is 0 Å². The van der Waals surface area contributed by atoms with E-state index < -0.39 is 21.8 Å². The fourth-order valence-corrected chi connectivity index (χ4v) is 3.89. The summed E-state index contributed by atoms with van der Waals surface area (Å²) >= 11 is 0. The average Bonchev–Trinajstić information content (AvgIpc) is 2.28. The Labute approximate surface area is 139 Å². The molecule has 135 valence electrons. The molecule has 8 heteroatoms. The number of carbonyl (C=O) groups is 1. The number of piperidine rings is 1. The van der Waals surface area contributed by atoms with E-state index in [1.54, 1.807) is 0 Å². The lowest BCUT2D eigenvalue weighted by Crippen LogP contribution is -2.60. The van der Waals surface area contributed by atoms with Crippen LogP contribution in [0, 0.1) is 0 Å². The molecule has 0 aromatic rings. The van der Waals surface area contributed by atoms with Gasteiger partial charge in [0.1, 0.15) is 0 Å². The summed E-state index contributed by atoms with van der Waals surface area (Å²) in [6, 6.07) is -0.132. The van der Waals surface area contributed by atoms with E-state index in [1.165, 1.54) is 4.90 Å². The number of nitrogens with zero attached hydrogens (tertiary/aromatic N) is 2. The van der Waals surface area contributed by atoms with Crippen molar-refractivity contribution in [1.29, 1.82) is 0 Å². The van der Waals surface area contributed by atoms with Gasteiger partial charge in [-0.25, -0.2) is 5.32 Å². The summed E-state index contributed by atoms with van der Waals surface area (Å²) < 4.78 is 36.4. The van der Waals surface area contributed by atoms with Crippen LogP contribution in [0.3, 0.4) is 0 Å². The van der Waals surface area contributed by atoms with Crippen LogP contribution in [0.15, 0.2) is 0 Å². The molecule has 1 saturated heterocycles. The number of hydrogen-bond acceptors (Lipinski definition) is 4. The van der Waals surface area contributed by atoms with Crippen LogP contribution < -0.4 is 5.32 Å². The van der Waals surface area contributed by atoms with Gasteiger partial charge >= 0.3 is 0 Å². The van der Waals surface area contributed by atoms with E-state index in [9.17, 15) is 13.2 Å². The predicted molar refractivity (Wildman–Crippen MR) is 87.9 cm³/mol. The third-order valence-electron chi connectivity index (χ3n) is 3.82. The molecule has 1 aliphatic heterocycles. The number of hydrogen-bond donors (Lipinski definition) is 1. The zero-order chi connectivity index (χ0) is 17.9. The lowest BCUT2D eigenvalue weighted by molar-refractivity contribution is -0.133. The van der Waals surface area contributed by atoms with Gasteiger partial charge in [0.05, 0.1) is 6.61 Å². The first-order valence-corrected chi connectivity index (χ1v) is 9.52. The molecule has 1 radical (unpaired) electrons. The van der Waals surface area contributed by atoms with E-state index in [0.29, 0.717) is 32.6 Å². The third kappa shape index (κ3) is 7.15. The van der Waals surface area contributed by atoms with Crippen LogP contribution in [0.1, 0.15) is 47.5 Å². The Kier molecular flexibility index (Phi) is 6.60. The van der Waals surface area contributed by atoms with E-state index in [4.69, 9.17) is 14.6 Å². The normalized spacial score (nSPS) is 21.1. The van der Waals surface area contributed by atoms with Crippen molar-refractivity contribution >= 4 is 16.0 Å². The highest BCUT2D eigenvalue weighted by atomic mass is 32.2. The minimum Gasteiger partial charge on any atom is -0.380 e. The fourth-order valence-electron chi connectivity index (χ4n) is 3.41. The second-order valence-electron chi connectivity index (χ2n) is 7.31. The molecule has 0 unspecified atom stereocenters. The van der Waals surface area contributed by atoms with Crippen LogP contribution in [0.2, 0.25) is 0 Å². The first-order valence-electron chi connectivity index (χ1n) is 7.92. The van der Waals surface area contributed by atoms with Crippen molar-refractivity contribution in [2.75, 3.05) is 25.5 Å². The second-order valence-corrected chi connectivity index (χ2v) is 8.76. The van der Waals surface area contributed by atoms with Gasteiger partial charge in [-0.05, 0) is 47.5 Å². The molecule has 0 saturated carbocycles. The second kappa shape index (κ2) is 7.46. The van der Waals surface area contributed by atoms with E-state index in [1.807, 2.05) is 34.6 Å². The Morgan fingerprint density at radius 3 is 2.22 bits per heavy atom. The van der Waals surface area contributed by atoms with Gasteiger partial charge in [-0.3, -0.25) is 9.35 Å². The maximum Gasteiger partial charge on any atom is 0.274 e. The van der Waals surface area contributed by atoms with Gasteiger partial charge in [0.25, 0.3) is 10.1 Å². The summed E-state index contributed by atoms with van der Waals surface area (Å²) in [5.41, 5.74) is -0.594. The zero-order valence-corrected chi connectivity index (χ0v) is 15.5. The number of amides is 1. The molecule has 0 aromatic heterocycles. The lowest BCUT2D eigenvalue weighted by Gasteiger charge is -2.48. The summed E-state index contributed by atoms with van der Waals surface area (Å²) in [6.45, 7) is 11.1. The summed E-state index contributed by atoms with van der Waals surface area (Å²) in [6.07, 6.45) is 1.31. The maximum absolute atomic E-state index is 12.4. The molecule has 1 rings (SSSR count). The molecule has 0 atom stereocenters. The average molecular weight is 349 g/mol. The van der Waals surface area contributed by atoms with Gasteiger partial charge in [0, 0.05) is 30.3 Å². The Bertz CT molecular complexity index is 500. The van der Waals surface area contributed by atoms with Gasteiger partial charge in [-0.15, -0.1) is 0 Å². The zero-order valence-electron chi connectivity index (χ0n) is 14.7. The summed E-state index contributed by atoms with van der Waals surface area (Å²) in [5.74, 6) is -1.49. The minimum absolute atomic E-state index is 0.132. The van der Waals surface area contributed by atoms with Crippen LogP contribution >= 0.6 is 0 Å². The monoisotopic (exact) mass is 349 g/mol. The smallest absolute Gasteiger partial charge is 0.274 e. The Morgan fingerprint density at radius 2 is 1.78 bits per heavy atom.